The van der Waals surface area contributed by atoms with Crippen molar-refractivity contribution < 1.29 is 0 Å². The van der Waals surface area contributed by atoms with E-state index in [1.165, 1.54) is 4.68 Å². The van der Waals surface area contributed by atoms with Gasteiger partial charge in [0.1, 0.15) is 11.0 Å². The highest BCUT2D eigenvalue weighted by Crippen LogP contribution is 2.22. The third-order valence-electron chi connectivity index (χ3n) is 2.58. The Morgan fingerprint density at radius 2 is 2.29 bits per heavy atom. The molecule has 0 amide bonds. The molecule has 1 N–H and O–H groups in total. The maximum atomic E-state index is 11.9. The number of rotatable bonds is 4. The van der Waals surface area contributed by atoms with Crippen LogP contribution in [0.4, 0.5) is 5.69 Å². The van der Waals surface area contributed by atoms with Gasteiger partial charge in [-0.1, -0.05) is 12.8 Å². The molecule has 0 aliphatic heterocycles. The van der Waals surface area contributed by atoms with E-state index in [1.54, 1.807) is 6.20 Å². The highest BCUT2D eigenvalue weighted by atomic mass is 79.9. The maximum Gasteiger partial charge on any atom is 0.284 e. The zero-order chi connectivity index (χ0) is 13.1. The fourth-order valence-electron chi connectivity index (χ4n) is 1.20. The first-order valence-electron chi connectivity index (χ1n) is 5.38. The molecule has 17 heavy (non-hydrogen) atoms. The Labute approximate surface area is 110 Å². The minimum absolute atomic E-state index is 0.0884. The van der Waals surface area contributed by atoms with Gasteiger partial charge in [0.25, 0.3) is 5.56 Å². The molecule has 0 fully saturated rings. The minimum atomic E-state index is -0.222. The predicted molar refractivity (Wildman–Crippen MR) is 73.0 cm³/mol. The second kappa shape index (κ2) is 5.37. The number of nitrogens with one attached hydrogen (secondary N) is 1. The van der Waals surface area contributed by atoms with Gasteiger partial charge in [-0.25, -0.2) is 4.68 Å². The van der Waals surface area contributed by atoms with Crippen molar-refractivity contribution in [2.24, 2.45) is 0 Å². The molecule has 0 bridgehead atoms. The number of aromatic nitrogens is 2. The summed E-state index contributed by atoms with van der Waals surface area (Å²) < 4.78 is 1.71. The van der Waals surface area contributed by atoms with E-state index in [9.17, 15) is 4.79 Å². The predicted octanol–water partition coefficient (Wildman–Crippen LogP) is 2.24. The van der Waals surface area contributed by atoms with Crippen molar-refractivity contribution in [1.82, 2.24) is 9.78 Å². The summed E-state index contributed by atoms with van der Waals surface area (Å²) in [5.74, 6) is 2.39. The Bertz CT molecular complexity index is 499. The first-order chi connectivity index (χ1) is 7.91. The van der Waals surface area contributed by atoms with Gasteiger partial charge in [0.15, 0.2) is 0 Å². The number of terminal acetylenes is 1. The Kier molecular flexibility index (Phi) is 4.35. The largest absolute Gasteiger partial charge is 0.378 e. The van der Waals surface area contributed by atoms with Crippen LogP contribution in [-0.4, -0.2) is 15.3 Å². The third-order valence-corrected chi connectivity index (χ3v) is 3.35. The van der Waals surface area contributed by atoms with Crippen molar-refractivity contribution >= 4 is 21.6 Å². The first-order valence-corrected chi connectivity index (χ1v) is 6.18. The molecule has 92 valence electrons. The Morgan fingerprint density at radius 1 is 1.65 bits per heavy atom. The molecule has 5 heteroatoms. The molecule has 0 atom stereocenters. The van der Waals surface area contributed by atoms with Gasteiger partial charge in [0, 0.05) is 5.54 Å². The second-order valence-electron chi connectivity index (χ2n) is 4.40. The summed E-state index contributed by atoms with van der Waals surface area (Å²) in [5, 5.41) is 7.29. The van der Waals surface area contributed by atoms with Gasteiger partial charge < -0.3 is 5.32 Å². The van der Waals surface area contributed by atoms with Crippen LogP contribution in [-0.2, 0) is 6.54 Å². The van der Waals surface area contributed by atoms with E-state index >= 15 is 0 Å². The summed E-state index contributed by atoms with van der Waals surface area (Å²) in [6.07, 6.45) is 7.71. The Hall–Kier alpha value is -1.28. The lowest BCUT2D eigenvalue weighted by Crippen LogP contribution is -2.32. The molecular weight excluding hydrogens is 282 g/mol. The first kappa shape index (κ1) is 13.8. The monoisotopic (exact) mass is 297 g/mol. The zero-order valence-electron chi connectivity index (χ0n) is 10.2. The average molecular weight is 298 g/mol. The average Bonchev–Trinajstić information content (AvgIpc) is 2.29. The van der Waals surface area contributed by atoms with Crippen LogP contribution in [0.15, 0.2) is 15.5 Å². The van der Waals surface area contributed by atoms with E-state index in [0.29, 0.717) is 10.2 Å². The van der Waals surface area contributed by atoms with Crippen LogP contribution in [0, 0.1) is 12.3 Å². The van der Waals surface area contributed by atoms with Crippen LogP contribution in [0.5, 0.6) is 0 Å². The van der Waals surface area contributed by atoms with E-state index in [4.69, 9.17) is 6.42 Å². The standard InChI is InChI=1S/C12H16BrN3O/c1-5-7-16-11(17)10(13)9(8-14-16)15-12(3,4)6-2/h1,8,15H,6-7H2,2-4H3. The van der Waals surface area contributed by atoms with E-state index in [-0.39, 0.29) is 17.6 Å². The van der Waals surface area contributed by atoms with E-state index in [0.717, 1.165) is 6.42 Å². The number of nitrogens with zero attached hydrogens (tertiary/aromatic N) is 2. The molecule has 0 saturated carbocycles. The molecule has 1 aromatic heterocycles. The fourth-order valence-corrected chi connectivity index (χ4v) is 1.61. The molecule has 1 heterocycles. The SMILES string of the molecule is C#CCn1ncc(NC(C)(C)CC)c(Br)c1=O. The lowest BCUT2D eigenvalue weighted by molar-refractivity contribution is 0.544. The van der Waals surface area contributed by atoms with Crippen LogP contribution >= 0.6 is 15.9 Å². The van der Waals surface area contributed by atoms with Crippen molar-refractivity contribution in [3.8, 4) is 12.3 Å². The summed E-state index contributed by atoms with van der Waals surface area (Å²) in [7, 11) is 0. The van der Waals surface area contributed by atoms with E-state index in [2.05, 4.69) is 53.0 Å². The van der Waals surface area contributed by atoms with Crippen LogP contribution < -0.4 is 10.9 Å². The normalized spacial score (nSPS) is 11.0. The number of anilines is 1. The smallest absolute Gasteiger partial charge is 0.284 e. The van der Waals surface area contributed by atoms with Crippen molar-refractivity contribution in [3.63, 3.8) is 0 Å². The molecule has 1 aromatic rings. The number of hydrogen-bond acceptors (Lipinski definition) is 3. The number of halogens is 1. The summed E-state index contributed by atoms with van der Waals surface area (Å²) >= 11 is 3.28. The van der Waals surface area contributed by atoms with Crippen molar-refractivity contribution in [3.05, 3.63) is 21.0 Å². The second-order valence-corrected chi connectivity index (χ2v) is 5.19. The summed E-state index contributed by atoms with van der Waals surface area (Å²) in [6.45, 7) is 6.38. The van der Waals surface area contributed by atoms with Gasteiger partial charge >= 0.3 is 0 Å². The van der Waals surface area contributed by atoms with Gasteiger partial charge in [0.05, 0.1) is 11.9 Å². The molecule has 4 nitrogen and oxygen atoms in total. The summed E-state index contributed by atoms with van der Waals surface area (Å²) in [6, 6.07) is 0. The summed E-state index contributed by atoms with van der Waals surface area (Å²) in [5.41, 5.74) is 0.379. The minimum Gasteiger partial charge on any atom is -0.378 e. The van der Waals surface area contributed by atoms with Crippen LogP contribution in [0.25, 0.3) is 0 Å². The van der Waals surface area contributed by atoms with Crippen molar-refractivity contribution in [2.45, 2.75) is 39.3 Å². The van der Waals surface area contributed by atoms with Crippen molar-refractivity contribution in [1.29, 1.82) is 0 Å². The Balaban J connectivity index is 3.10. The van der Waals surface area contributed by atoms with Gasteiger partial charge in [-0.15, -0.1) is 6.42 Å². The van der Waals surface area contributed by atoms with Crippen molar-refractivity contribution in [2.75, 3.05) is 5.32 Å². The molecule has 0 radical (unpaired) electrons. The van der Waals surface area contributed by atoms with Gasteiger partial charge in [-0.3, -0.25) is 4.79 Å². The summed E-state index contributed by atoms with van der Waals surface area (Å²) in [4.78, 5) is 11.9. The van der Waals surface area contributed by atoms with Gasteiger partial charge in [-0.2, -0.15) is 5.10 Å². The highest BCUT2D eigenvalue weighted by molar-refractivity contribution is 9.10. The zero-order valence-corrected chi connectivity index (χ0v) is 11.8. The third kappa shape index (κ3) is 3.34. The molecule has 0 saturated heterocycles. The Morgan fingerprint density at radius 3 is 2.82 bits per heavy atom. The van der Waals surface area contributed by atoms with E-state index in [1.807, 2.05) is 0 Å². The molecule has 1 rings (SSSR count). The topological polar surface area (TPSA) is 46.9 Å². The van der Waals surface area contributed by atoms with Gasteiger partial charge in [0.2, 0.25) is 0 Å². The molecule has 0 spiro atoms. The maximum absolute atomic E-state index is 11.9. The van der Waals surface area contributed by atoms with Crippen LogP contribution in [0.3, 0.4) is 0 Å². The van der Waals surface area contributed by atoms with Crippen LogP contribution in [0.1, 0.15) is 27.2 Å². The van der Waals surface area contributed by atoms with Gasteiger partial charge in [-0.05, 0) is 36.2 Å². The molecule has 0 unspecified atom stereocenters. The molecular formula is C12H16BrN3O. The quantitative estimate of drug-likeness (QED) is 0.867. The van der Waals surface area contributed by atoms with E-state index < -0.39 is 0 Å². The lowest BCUT2D eigenvalue weighted by Gasteiger charge is -2.26. The lowest BCUT2D eigenvalue weighted by atomic mass is 10.0. The number of hydrogen-bond donors (Lipinski definition) is 1. The highest BCUT2D eigenvalue weighted by Gasteiger charge is 2.17. The molecule has 0 aliphatic rings. The molecule has 0 aliphatic carbocycles. The fraction of sp³-hybridized carbons (Fsp3) is 0.500. The van der Waals surface area contributed by atoms with Crippen LogP contribution in [0.2, 0.25) is 0 Å². The molecule has 0 aromatic carbocycles.